The van der Waals surface area contributed by atoms with Crippen LogP contribution in [-0.2, 0) is 0 Å². The van der Waals surface area contributed by atoms with E-state index in [4.69, 9.17) is 5.11 Å². The molecule has 3 N–H and O–H groups in total. The highest BCUT2D eigenvalue weighted by molar-refractivity contribution is 5.47. The first-order valence-corrected chi connectivity index (χ1v) is 4.07. The molecule has 78 valence electrons. The van der Waals surface area contributed by atoms with Crippen molar-refractivity contribution in [2.45, 2.75) is 0 Å². The van der Waals surface area contributed by atoms with E-state index in [2.05, 4.69) is 15.6 Å². The Morgan fingerprint density at radius 3 is 2.57 bits per heavy atom. The first kappa shape index (κ1) is 10.6. The van der Waals surface area contributed by atoms with Crippen LogP contribution in [-0.4, -0.2) is 30.3 Å². The smallest absolute Gasteiger partial charge is 0.168 e. The molecule has 0 aliphatic heterocycles. The molecule has 0 unspecified atom stereocenters. The number of rotatable bonds is 4. The minimum Gasteiger partial charge on any atom is -0.395 e. The molecule has 0 aliphatic rings. The summed E-state index contributed by atoms with van der Waals surface area (Å²) in [6, 6.07) is 0.735. The fraction of sp³-hybridized carbons (Fsp3) is 0.375. The maximum absolute atomic E-state index is 13.0. The minimum absolute atomic E-state index is 0.0353. The molecular formula is C8H11F2N3O. The minimum atomic E-state index is -0.782. The van der Waals surface area contributed by atoms with Crippen molar-refractivity contribution >= 4 is 11.6 Å². The Morgan fingerprint density at radius 1 is 1.36 bits per heavy atom. The predicted octanol–water partition coefficient (Wildman–Crippen LogP) is 0.806. The van der Waals surface area contributed by atoms with Gasteiger partial charge in [-0.1, -0.05) is 0 Å². The van der Waals surface area contributed by atoms with E-state index in [1.54, 1.807) is 0 Å². The summed E-state index contributed by atoms with van der Waals surface area (Å²) in [7, 11) is 1.49. The average Bonchev–Trinajstić information content (AvgIpc) is 2.17. The fourth-order valence-electron chi connectivity index (χ4n) is 0.940. The lowest BCUT2D eigenvalue weighted by molar-refractivity contribution is 0.310. The van der Waals surface area contributed by atoms with Gasteiger partial charge in [0.15, 0.2) is 23.3 Å². The summed E-state index contributed by atoms with van der Waals surface area (Å²) in [5.41, 5.74) is 0. The van der Waals surface area contributed by atoms with Gasteiger partial charge in [0.2, 0.25) is 0 Å². The molecule has 6 heteroatoms. The Kier molecular flexibility index (Phi) is 3.58. The molecule has 0 fully saturated rings. The van der Waals surface area contributed by atoms with Crippen LogP contribution in [0.2, 0.25) is 0 Å². The normalized spacial score (nSPS) is 10.0. The standard InChI is InChI=1S/C8H11F2N3O/c1-11-7-5(9)4-6(10)8(13-7)12-2-3-14/h4,14H,2-3H2,1H3,(H2,11,12,13). The molecule has 0 spiro atoms. The first-order chi connectivity index (χ1) is 6.69. The number of aliphatic hydroxyl groups excluding tert-OH is 1. The molecule has 0 bridgehead atoms. The van der Waals surface area contributed by atoms with Crippen molar-refractivity contribution in [2.75, 3.05) is 30.8 Å². The highest BCUT2D eigenvalue weighted by Crippen LogP contribution is 2.17. The molecule has 0 saturated carbocycles. The van der Waals surface area contributed by atoms with E-state index in [9.17, 15) is 8.78 Å². The zero-order chi connectivity index (χ0) is 10.6. The van der Waals surface area contributed by atoms with Crippen molar-refractivity contribution in [1.82, 2.24) is 4.98 Å². The highest BCUT2D eigenvalue weighted by atomic mass is 19.1. The molecule has 0 radical (unpaired) electrons. The van der Waals surface area contributed by atoms with E-state index in [-0.39, 0.29) is 24.8 Å². The van der Waals surface area contributed by atoms with Gasteiger partial charge in [0.25, 0.3) is 0 Å². The molecule has 1 aromatic heterocycles. The number of hydrogen-bond donors (Lipinski definition) is 3. The monoisotopic (exact) mass is 203 g/mol. The maximum Gasteiger partial charge on any atom is 0.168 e. The molecule has 0 atom stereocenters. The molecule has 0 saturated heterocycles. The Labute approximate surface area is 80.0 Å². The number of pyridine rings is 1. The van der Waals surface area contributed by atoms with Crippen LogP contribution in [0.25, 0.3) is 0 Å². The van der Waals surface area contributed by atoms with Crippen molar-refractivity contribution in [3.63, 3.8) is 0 Å². The summed E-state index contributed by atoms with van der Waals surface area (Å²) in [5, 5.41) is 13.5. The highest BCUT2D eigenvalue weighted by Gasteiger charge is 2.09. The Morgan fingerprint density at radius 2 is 2.00 bits per heavy atom. The van der Waals surface area contributed by atoms with E-state index < -0.39 is 11.6 Å². The Balaban J connectivity index is 2.92. The van der Waals surface area contributed by atoms with Gasteiger partial charge in [-0.05, 0) is 0 Å². The first-order valence-electron chi connectivity index (χ1n) is 4.07. The van der Waals surface area contributed by atoms with Crippen molar-refractivity contribution in [3.05, 3.63) is 17.7 Å². The van der Waals surface area contributed by atoms with E-state index in [0.29, 0.717) is 0 Å². The predicted molar refractivity (Wildman–Crippen MR) is 49.3 cm³/mol. The quantitative estimate of drug-likeness (QED) is 0.677. The van der Waals surface area contributed by atoms with Gasteiger partial charge in [-0.2, -0.15) is 0 Å². The van der Waals surface area contributed by atoms with Crippen LogP contribution in [0, 0.1) is 11.6 Å². The third kappa shape index (κ3) is 2.29. The third-order valence-electron chi connectivity index (χ3n) is 1.57. The number of nitrogens with zero attached hydrogens (tertiary/aromatic N) is 1. The van der Waals surface area contributed by atoms with Gasteiger partial charge in [0, 0.05) is 19.7 Å². The summed E-state index contributed by atoms with van der Waals surface area (Å²) >= 11 is 0. The molecule has 1 rings (SSSR count). The van der Waals surface area contributed by atoms with Crippen LogP contribution < -0.4 is 10.6 Å². The van der Waals surface area contributed by atoms with Gasteiger partial charge in [0.1, 0.15) is 0 Å². The number of anilines is 2. The zero-order valence-electron chi connectivity index (χ0n) is 7.64. The molecule has 4 nitrogen and oxygen atoms in total. The lowest BCUT2D eigenvalue weighted by Gasteiger charge is -2.07. The summed E-state index contributed by atoms with van der Waals surface area (Å²) in [5.74, 6) is -1.65. The second-order valence-electron chi connectivity index (χ2n) is 2.55. The second kappa shape index (κ2) is 4.71. The number of aliphatic hydroxyl groups is 1. The van der Waals surface area contributed by atoms with E-state index >= 15 is 0 Å². The summed E-state index contributed by atoms with van der Waals surface area (Å²) in [4.78, 5) is 3.64. The number of halogens is 2. The Hall–Kier alpha value is -1.43. The molecule has 0 aromatic carbocycles. The van der Waals surface area contributed by atoms with Gasteiger partial charge in [-0.25, -0.2) is 13.8 Å². The summed E-state index contributed by atoms with van der Waals surface area (Å²) in [6.07, 6.45) is 0. The van der Waals surface area contributed by atoms with Gasteiger partial charge in [-0.3, -0.25) is 0 Å². The molecule has 14 heavy (non-hydrogen) atoms. The topological polar surface area (TPSA) is 57.2 Å². The van der Waals surface area contributed by atoms with Crippen molar-refractivity contribution in [2.24, 2.45) is 0 Å². The van der Waals surface area contributed by atoms with Gasteiger partial charge < -0.3 is 15.7 Å². The van der Waals surface area contributed by atoms with Crippen molar-refractivity contribution < 1.29 is 13.9 Å². The van der Waals surface area contributed by atoms with Crippen LogP contribution in [0.4, 0.5) is 20.4 Å². The molecule has 1 heterocycles. The van der Waals surface area contributed by atoms with Crippen LogP contribution in [0.3, 0.4) is 0 Å². The molecule has 0 amide bonds. The van der Waals surface area contributed by atoms with E-state index in [1.165, 1.54) is 7.05 Å². The zero-order valence-corrected chi connectivity index (χ0v) is 7.64. The van der Waals surface area contributed by atoms with Crippen LogP contribution in [0.15, 0.2) is 6.07 Å². The van der Waals surface area contributed by atoms with Crippen LogP contribution >= 0.6 is 0 Å². The number of nitrogens with one attached hydrogen (secondary N) is 2. The molecule has 0 aliphatic carbocycles. The average molecular weight is 203 g/mol. The third-order valence-corrected chi connectivity index (χ3v) is 1.57. The van der Waals surface area contributed by atoms with Crippen molar-refractivity contribution in [3.8, 4) is 0 Å². The number of aromatic nitrogens is 1. The van der Waals surface area contributed by atoms with E-state index in [1.807, 2.05) is 0 Å². The van der Waals surface area contributed by atoms with Gasteiger partial charge in [0.05, 0.1) is 6.61 Å². The van der Waals surface area contributed by atoms with Gasteiger partial charge in [-0.15, -0.1) is 0 Å². The molecule has 1 aromatic rings. The summed E-state index contributed by atoms with van der Waals surface area (Å²) < 4.78 is 25.9. The Bertz CT molecular complexity index is 320. The largest absolute Gasteiger partial charge is 0.395 e. The SMILES string of the molecule is CNc1nc(NCCO)c(F)cc1F. The fourth-order valence-corrected chi connectivity index (χ4v) is 0.940. The lowest BCUT2D eigenvalue weighted by Crippen LogP contribution is -2.10. The lowest BCUT2D eigenvalue weighted by atomic mass is 10.4. The van der Waals surface area contributed by atoms with Crippen molar-refractivity contribution in [1.29, 1.82) is 0 Å². The number of hydrogen-bond acceptors (Lipinski definition) is 4. The molecular weight excluding hydrogens is 192 g/mol. The van der Waals surface area contributed by atoms with Crippen LogP contribution in [0.5, 0.6) is 0 Å². The van der Waals surface area contributed by atoms with Gasteiger partial charge >= 0.3 is 0 Å². The second-order valence-corrected chi connectivity index (χ2v) is 2.55. The summed E-state index contributed by atoms with van der Waals surface area (Å²) in [6.45, 7) is 0.0199. The van der Waals surface area contributed by atoms with Crippen LogP contribution in [0.1, 0.15) is 0 Å². The maximum atomic E-state index is 13.0. The van der Waals surface area contributed by atoms with E-state index in [0.717, 1.165) is 6.07 Å².